The third kappa shape index (κ3) is 1.93. The van der Waals surface area contributed by atoms with E-state index >= 15 is 0 Å². The van der Waals surface area contributed by atoms with E-state index in [-0.39, 0.29) is 12.0 Å². The highest BCUT2D eigenvalue weighted by Gasteiger charge is 2.29. The summed E-state index contributed by atoms with van der Waals surface area (Å²) in [5.74, 6) is 1.49. The predicted molar refractivity (Wildman–Crippen MR) is 62.1 cm³/mol. The largest absolute Gasteiger partial charge is 0.334 e. The SMILES string of the molecule is NC1CCCC1c1noc(-c2cccnc2)n1. The Morgan fingerprint density at radius 1 is 1.35 bits per heavy atom. The fourth-order valence-electron chi connectivity index (χ4n) is 2.30. The highest BCUT2D eigenvalue weighted by molar-refractivity contribution is 5.50. The van der Waals surface area contributed by atoms with Crippen LogP contribution in [0.2, 0.25) is 0 Å². The van der Waals surface area contributed by atoms with Gasteiger partial charge >= 0.3 is 0 Å². The Bertz CT molecular complexity index is 496. The maximum absolute atomic E-state index is 6.02. The second-order valence-corrected chi connectivity index (χ2v) is 4.40. The van der Waals surface area contributed by atoms with Crippen LogP contribution in [0.3, 0.4) is 0 Å². The Labute approximate surface area is 99.1 Å². The summed E-state index contributed by atoms with van der Waals surface area (Å²) in [6.45, 7) is 0. The summed E-state index contributed by atoms with van der Waals surface area (Å²) in [5, 5.41) is 4.03. The van der Waals surface area contributed by atoms with Crippen LogP contribution in [0.1, 0.15) is 31.0 Å². The van der Waals surface area contributed by atoms with Gasteiger partial charge in [-0.1, -0.05) is 11.6 Å². The lowest BCUT2D eigenvalue weighted by molar-refractivity contribution is 0.412. The van der Waals surface area contributed by atoms with Crippen LogP contribution in [-0.4, -0.2) is 21.2 Å². The van der Waals surface area contributed by atoms with Gasteiger partial charge in [0.15, 0.2) is 5.82 Å². The molecule has 1 aliphatic rings. The first-order valence-corrected chi connectivity index (χ1v) is 5.84. The van der Waals surface area contributed by atoms with E-state index in [1.807, 2.05) is 12.1 Å². The maximum Gasteiger partial charge on any atom is 0.259 e. The third-order valence-electron chi connectivity index (χ3n) is 3.25. The topological polar surface area (TPSA) is 77.8 Å². The summed E-state index contributed by atoms with van der Waals surface area (Å²) in [7, 11) is 0. The molecule has 0 aliphatic heterocycles. The van der Waals surface area contributed by atoms with Crippen molar-refractivity contribution in [3.63, 3.8) is 0 Å². The molecular formula is C12H14N4O. The van der Waals surface area contributed by atoms with Gasteiger partial charge in [-0.2, -0.15) is 4.98 Å². The van der Waals surface area contributed by atoms with Gasteiger partial charge in [0.2, 0.25) is 0 Å². The van der Waals surface area contributed by atoms with Crippen LogP contribution in [0, 0.1) is 0 Å². The summed E-state index contributed by atoms with van der Waals surface area (Å²) < 4.78 is 5.25. The number of hydrogen-bond donors (Lipinski definition) is 1. The molecular weight excluding hydrogens is 216 g/mol. The molecule has 1 saturated carbocycles. The second-order valence-electron chi connectivity index (χ2n) is 4.40. The van der Waals surface area contributed by atoms with E-state index in [1.54, 1.807) is 12.4 Å². The fourth-order valence-corrected chi connectivity index (χ4v) is 2.30. The Morgan fingerprint density at radius 2 is 2.29 bits per heavy atom. The first kappa shape index (κ1) is 10.4. The number of pyridine rings is 1. The lowest BCUT2D eigenvalue weighted by atomic mass is 10.0. The third-order valence-corrected chi connectivity index (χ3v) is 3.25. The van der Waals surface area contributed by atoms with Crippen molar-refractivity contribution in [1.82, 2.24) is 15.1 Å². The highest BCUT2D eigenvalue weighted by atomic mass is 16.5. The standard InChI is InChI=1S/C12H14N4O/c13-10-5-1-4-9(10)11-15-12(17-16-11)8-3-2-6-14-7-8/h2-3,6-7,9-10H,1,4-5,13H2. The Kier molecular flexibility index (Phi) is 2.60. The number of aromatic nitrogens is 3. The Hall–Kier alpha value is -1.75. The molecule has 2 aromatic rings. The van der Waals surface area contributed by atoms with Gasteiger partial charge in [0, 0.05) is 24.4 Å². The molecule has 0 bridgehead atoms. The number of nitrogens with two attached hydrogens (primary N) is 1. The normalized spacial score (nSPS) is 24.1. The van der Waals surface area contributed by atoms with Crippen LogP contribution in [-0.2, 0) is 0 Å². The van der Waals surface area contributed by atoms with Crippen LogP contribution >= 0.6 is 0 Å². The molecule has 0 aromatic carbocycles. The molecule has 5 heteroatoms. The van der Waals surface area contributed by atoms with Crippen molar-refractivity contribution in [3.8, 4) is 11.5 Å². The average Bonchev–Trinajstić information content (AvgIpc) is 2.98. The molecule has 2 unspecified atom stereocenters. The van der Waals surface area contributed by atoms with E-state index < -0.39 is 0 Å². The van der Waals surface area contributed by atoms with Crippen molar-refractivity contribution in [1.29, 1.82) is 0 Å². The lowest BCUT2D eigenvalue weighted by Crippen LogP contribution is -2.23. The van der Waals surface area contributed by atoms with Crippen LogP contribution in [0.15, 0.2) is 29.0 Å². The van der Waals surface area contributed by atoms with Gasteiger partial charge in [-0.3, -0.25) is 4.98 Å². The van der Waals surface area contributed by atoms with Crippen LogP contribution in [0.5, 0.6) is 0 Å². The summed E-state index contributed by atoms with van der Waals surface area (Å²) in [6.07, 6.45) is 6.66. The van der Waals surface area contributed by atoms with Gasteiger partial charge in [0.1, 0.15) is 0 Å². The number of rotatable bonds is 2. The quantitative estimate of drug-likeness (QED) is 0.850. The minimum absolute atomic E-state index is 0.161. The minimum Gasteiger partial charge on any atom is -0.334 e. The smallest absolute Gasteiger partial charge is 0.259 e. The molecule has 5 nitrogen and oxygen atoms in total. The van der Waals surface area contributed by atoms with E-state index in [2.05, 4.69) is 15.1 Å². The zero-order valence-electron chi connectivity index (χ0n) is 9.41. The zero-order chi connectivity index (χ0) is 11.7. The van der Waals surface area contributed by atoms with Gasteiger partial charge in [0.25, 0.3) is 5.89 Å². The number of nitrogens with zero attached hydrogens (tertiary/aromatic N) is 3. The lowest BCUT2D eigenvalue weighted by Gasteiger charge is -2.09. The van der Waals surface area contributed by atoms with Gasteiger partial charge < -0.3 is 10.3 Å². The molecule has 2 N–H and O–H groups in total. The average molecular weight is 230 g/mol. The van der Waals surface area contributed by atoms with E-state index in [0.29, 0.717) is 5.89 Å². The Morgan fingerprint density at radius 3 is 3.00 bits per heavy atom. The fraction of sp³-hybridized carbons (Fsp3) is 0.417. The molecule has 3 rings (SSSR count). The predicted octanol–water partition coefficient (Wildman–Crippen LogP) is 1.73. The molecule has 2 heterocycles. The summed E-state index contributed by atoms with van der Waals surface area (Å²) in [4.78, 5) is 8.45. The van der Waals surface area contributed by atoms with Gasteiger partial charge in [-0.05, 0) is 25.0 Å². The second kappa shape index (κ2) is 4.25. The summed E-state index contributed by atoms with van der Waals surface area (Å²) in [6, 6.07) is 3.91. The number of hydrogen-bond acceptors (Lipinski definition) is 5. The highest BCUT2D eigenvalue weighted by Crippen LogP contribution is 2.32. The first-order chi connectivity index (χ1) is 8.34. The van der Waals surface area contributed by atoms with E-state index in [4.69, 9.17) is 10.3 Å². The van der Waals surface area contributed by atoms with E-state index in [0.717, 1.165) is 30.7 Å². The van der Waals surface area contributed by atoms with Crippen molar-refractivity contribution >= 4 is 0 Å². The van der Waals surface area contributed by atoms with Gasteiger partial charge in [-0.15, -0.1) is 0 Å². The van der Waals surface area contributed by atoms with E-state index in [9.17, 15) is 0 Å². The minimum atomic E-state index is 0.161. The molecule has 1 aliphatic carbocycles. The van der Waals surface area contributed by atoms with Crippen LogP contribution in [0.4, 0.5) is 0 Å². The Balaban J connectivity index is 1.88. The summed E-state index contributed by atoms with van der Waals surface area (Å²) in [5.41, 5.74) is 6.87. The van der Waals surface area contributed by atoms with Crippen LogP contribution in [0.25, 0.3) is 11.5 Å². The first-order valence-electron chi connectivity index (χ1n) is 5.84. The molecule has 0 spiro atoms. The molecule has 17 heavy (non-hydrogen) atoms. The van der Waals surface area contributed by atoms with Gasteiger partial charge in [0.05, 0.1) is 5.56 Å². The van der Waals surface area contributed by atoms with Crippen molar-refractivity contribution in [2.24, 2.45) is 5.73 Å². The molecule has 0 amide bonds. The maximum atomic E-state index is 6.02. The van der Waals surface area contributed by atoms with Crippen molar-refractivity contribution in [2.75, 3.05) is 0 Å². The zero-order valence-corrected chi connectivity index (χ0v) is 9.41. The van der Waals surface area contributed by atoms with Crippen molar-refractivity contribution in [2.45, 2.75) is 31.2 Å². The molecule has 1 fully saturated rings. The molecule has 0 radical (unpaired) electrons. The molecule has 2 atom stereocenters. The van der Waals surface area contributed by atoms with Crippen molar-refractivity contribution in [3.05, 3.63) is 30.4 Å². The van der Waals surface area contributed by atoms with Crippen LogP contribution < -0.4 is 5.73 Å². The van der Waals surface area contributed by atoms with Crippen molar-refractivity contribution < 1.29 is 4.52 Å². The molecule has 88 valence electrons. The summed E-state index contributed by atoms with van der Waals surface area (Å²) >= 11 is 0. The van der Waals surface area contributed by atoms with Gasteiger partial charge in [-0.25, -0.2) is 0 Å². The van der Waals surface area contributed by atoms with E-state index in [1.165, 1.54) is 0 Å². The monoisotopic (exact) mass is 230 g/mol. The molecule has 0 saturated heterocycles. The molecule has 2 aromatic heterocycles.